The fourth-order valence-electron chi connectivity index (χ4n) is 1.85. The predicted molar refractivity (Wildman–Crippen MR) is 51.5 cm³/mol. The summed E-state index contributed by atoms with van der Waals surface area (Å²) < 4.78 is 0. The van der Waals surface area contributed by atoms with Gasteiger partial charge in [0.15, 0.2) is 0 Å². The van der Waals surface area contributed by atoms with E-state index in [-0.39, 0.29) is 5.41 Å². The van der Waals surface area contributed by atoms with Gasteiger partial charge in [0.05, 0.1) is 0 Å². The van der Waals surface area contributed by atoms with Crippen molar-refractivity contribution in [3.05, 3.63) is 35.7 Å². The van der Waals surface area contributed by atoms with E-state index in [1.54, 1.807) is 0 Å². The fourth-order valence-corrected chi connectivity index (χ4v) is 1.85. The first-order chi connectivity index (χ1) is 5.70. The van der Waals surface area contributed by atoms with Crippen molar-refractivity contribution in [3.8, 4) is 0 Å². The van der Waals surface area contributed by atoms with Crippen LogP contribution in [-0.4, -0.2) is 0 Å². The topological polar surface area (TPSA) is 12.0 Å². The molecule has 0 saturated heterocycles. The second-order valence-electron chi connectivity index (χ2n) is 4.01. The number of hydrogen-bond donors (Lipinski definition) is 1. The second kappa shape index (κ2) is 2.51. The van der Waals surface area contributed by atoms with E-state index in [1.165, 1.54) is 24.1 Å². The zero-order chi connectivity index (χ0) is 8.60. The largest absolute Gasteiger partial charge is 0.362 e. The third-order valence-electron chi connectivity index (χ3n) is 2.59. The van der Waals surface area contributed by atoms with Crippen molar-refractivity contribution in [2.45, 2.75) is 26.7 Å². The Bertz CT molecular complexity index is 279. The van der Waals surface area contributed by atoms with Crippen LogP contribution in [-0.2, 0) is 0 Å². The lowest BCUT2D eigenvalue weighted by Gasteiger charge is -2.32. The van der Waals surface area contributed by atoms with Gasteiger partial charge in [-0.25, -0.2) is 0 Å². The summed E-state index contributed by atoms with van der Waals surface area (Å²) in [7, 11) is 0. The van der Waals surface area contributed by atoms with E-state index < -0.39 is 0 Å². The van der Waals surface area contributed by atoms with Crippen molar-refractivity contribution < 1.29 is 0 Å². The average Bonchev–Trinajstić information content (AvgIpc) is 2.04. The molecule has 0 aromatic carbocycles. The number of rotatable bonds is 0. The van der Waals surface area contributed by atoms with Crippen LogP contribution in [0.25, 0.3) is 0 Å². The molecule has 0 radical (unpaired) electrons. The van der Waals surface area contributed by atoms with E-state index in [4.69, 9.17) is 0 Å². The van der Waals surface area contributed by atoms with Crippen LogP contribution in [0.15, 0.2) is 35.7 Å². The Balaban J connectivity index is 2.43. The van der Waals surface area contributed by atoms with Crippen LogP contribution in [0.4, 0.5) is 0 Å². The van der Waals surface area contributed by atoms with Gasteiger partial charge in [-0.3, -0.25) is 0 Å². The van der Waals surface area contributed by atoms with Gasteiger partial charge >= 0.3 is 0 Å². The van der Waals surface area contributed by atoms with Gasteiger partial charge in [-0.1, -0.05) is 32.1 Å². The van der Waals surface area contributed by atoms with Crippen molar-refractivity contribution in [3.63, 3.8) is 0 Å². The summed E-state index contributed by atoms with van der Waals surface area (Å²) in [5.41, 5.74) is 2.99. The molecule has 1 nitrogen and oxygen atoms in total. The average molecular weight is 161 g/mol. The van der Waals surface area contributed by atoms with Crippen molar-refractivity contribution in [2.75, 3.05) is 0 Å². The zero-order valence-corrected chi connectivity index (χ0v) is 7.72. The van der Waals surface area contributed by atoms with Crippen LogP contribution in [0.2, 0.25) is 0 Å². The van der Waals surface area contributed by atoms with E-state index in [2.05, 4.69) is 43.6 Å². The molecule has 64 valence electrons. The van der Waals surface area contributed by atoms with Gasteiger partial charge in [-0.15, -0.1) is 0 Å². The molecule has 0 saturated carbocycles. The Morgan fingerprint density at radius 2 is 2.00 bits per heavy atom. The van der Waals surface area contributed by atoms with Crippen molar-refractivity contribution >= 4 is 0 Å². The zero-order valence-electron chi connectivity index (χ0n) is 7.72. The summed E-state index contributed by atoms with van der Waals surface area (Å²) in [6.45, 7) is 4.52. The summed E-state index contributed by atoms with van der Waals surface area (Å²) >= 11 is 0. The Morgan fingerprint density at radius 3 is 2.75 bits per heavy atom. The van der Waals surface area contributed by atoms with Gasteiger partial charge < -0.3 is 5.32 Å². The third kappa shape index (κ3) is 1.09. The van der Waals surface area contributed by atoms with Gasteiger partial charge in [0.25, 0.3) is 0 Å². The van der Waals surface area contributed by atoms with E-state index in [9.17, 15) is 0 Å². The highest BCUT2D eigenvalue weighted by molar-refractivity contribution is 5.43. The van der Waals surface area contributed by atoms with Crippen LogP contribution < -0.4 is 5.32 Å². The Kier molecular flexibility index (Phi) is 1.60. The van der Waals surface area contributed by atoms with Crippen LogP contribution in [0.3, 0.4) is 0 Å². The Morgan fingerprint density at radius 1 is 1.25 bits per heavy atom. The normalized spacial score (nSPS) is 25.2. The Hall–Kier alpha value is -0.980. The SMILES string of the molecule is CC1(C)C=CNC2=CCCC=C21. The van der Waals surface area contributed by atoms with E-state index in [0.29, 0.717) is 0 Å². The van der Waals surface area contributed by atoms with E-state index in [0.717, 1.165) is 0 Å². The molecule has 0 amide bonds. The quantitative estimate of drug-likeness (QED) is 0.576. The van der Waals surface area contributed by atoms with Crippen LogP contribution in [0, 0.1) is 5.41 Å². The van der Waals surface area contributed by atoms with Gasteiger partial charge in [-0.05, 0) is 24.6 Å². The molecule has 12 heavy (non-hydrogen) atoms. The molecule has 2 aliphatic rings. The molecular weight excluding hydrogens is 146 g/mol. The van der Waals surface area contributed by atoms with Gasteiger partial charge in [0.1, 0.15) is 0 Å². The van der Waals surface area contributed by atoms with Crippen LogP contribution >= 0.6 is 0 Å². The van der Waals surface area contributed by atoms with Crippen molar-refractivity contribution in [1.29, 1.82) is 0 Å². The summed E-state index contributed by atoms with van der Waals surface area (Å²) in [5, 5.41) is 3.29. The number of hydrogen-bond acceptors (Lipinski definition) is 1. The first-order valence-corrected chi connectivity index (χ1v) is 4.55. The Labute approximate surface area is 73.9 Å². The second-order valence-corrected chi connectivity index (χ2v) is 4.01. The maximum atomic E-state index is 3.29. The molecule has 0 bridgehead atoms. The summed E-state index contributed by atoms with van der Waals surface area (Å²) in [4.78, 5) is 0. The molecule has 0 spiro atoms. The summed E-state index contributed by atoms with van der Waals surface area (Å²) in [6, 6.07) is 0. The maximum Gasteiger partial charge on any atom is 0.0377 e. The molecular formula is C11H15N. The molecule has 0 atom stereocenters. The molecule has 1 N–H and O–H groups in total. The van der Waals surface area contributed by atoms with E-state index in [1.807, 2.05) is 0 Å². The molecule has 1 heteroatoms. The number of nitrogens with one attached hydrogen (secondary N) is 1. The molecule has 2 rings (SSSR count). The highest BCUT2D eigenvalue weighted by Crippen LogP contribution is 2.37. The molecule has 1 aliphatic carbocycles. The van der Waals surface area contributed by atoms with Gasteiger partial charge in [0, 0.05) is 11.1 Å². The molecule has 0 aromatic heterocycles. The maximum absolute atomic E-state index is 3.29. The first kappa shape index (κ1) is 7.66. The minimum absolute atomic E-state index is 0.220. The lowest BCUT2D eigenvalue weighted by Crippen LogP contribution is -2.26. The molecule has 1 aliphatic heterocycles. The minimum atomic E-state index is 0.220. The lowest BCUT2D eigenvalue weighted by molar-refractivity contribution is 0.552. The first-order valence-electron chi connectivity index (χ1n) is 4.55. The van der Waals surface area contributed by atoms with Crippen molar-refractivity contribution in [1.82, 2.24) is 5.32 Å². The minimum Gasteiger partial charge on any atom is -0.362 e. The molecule has 1 heterocycles. The van der Waals surface area contributed by atoms with Crippen LogP contribution in [0.5, 0.6) is 0 Å². The van der Waals surface area contributed by atoms with Crippen LogP contribution in [0.1, 0.15) is 26.7 Å². The standard InChI is InChI=1S/C11H15N/c1-11(2)7-8-12-10-6-4-3-5-9(10)11/h5-8,12H,3-4H2,1-2H3. The van der Waals surface area contributed by atoms with Gasteiger partial charge in [0.2, 0.25) is 0 Å². The van der Waals surface area contributed by atoms with E-state index >= 15 is 0 Å². The fraction of sp³-hybridized carbons (Fsp3) is 0.455. The number of allylic oxidation sites excluding steroid dienone is 4. The third-order valence-corrected chi connectivity index (χ3v) is 2.59. The van der Waals surface area contributed by atoms with Gasteiger partial charge in [-0.2, -0.15) is 0 Å². The molecule has 0 unspecified atom stereocenters. The van der Waals surface area contributed by atoms with Crippen molar-refractivity contribution in [2.24, 2.45) is 5.41 Å². The summed E-state index contributed by atoms with van der Waals surface area (Å²) in [5.74, 6) is 0. The number of fused-ring (bicyclic) bond motifs is 1. The monoisotopic (exact) mass is 161 g/mol. The summed E-state index contributed by atoms with van der Waals surface area (Å²) in [6.07, 6.45) is 11.3. The highest BCUT2D eigenvalue weighted by atomic mass is 14.9. The molecule has 0 fully saturated rings. The lowest BCUT2D eigenvalue weighted by atomic mass is 9.78. The smallest absolute Gasteiger partial charge is 0.0377 e. The molecule has 0 aromatic rings. The highest BCUT2D eigenvalue weighted by Gasteiger charge is 2.26. The predicted octanol–water partition coefficient (Wildman–Crippen LogP) is 2.73.